The lowest BCUT2D eigenvalue weighted by Crippen LogP contribution is -2.29. The van der Waals surface area contributed by atoms with Gasteiger partial charge in [-0.25, -0.2) is 0 Å². The Hall–Kier alpha value is -0.940. The van der Waals surface area contributed by atoms with Crippen molar-refractivity contribution in [2.75, 3.05) is 39.5 Å². The molecular formula is C14H21NO3. The Balaban J connectivity index is 1.74. The largest absolute Gasteiger partial charge is 0.394 e. The smallest absolute Gasteiger partial charge is 0.0952 e. The van der Waals surface area contributed by atoms with Gasteiger partial charge in [-0.1, -0.05) is 24.3 Å². The molecule has 1 aliphatic heterocycles. The number of hydrogen-bond acceptors (Lipinski definition) is 4. The van der Waals surface area contributed by atoms with Crippen LogP contribution in [0.15, 0.2) is 24.3 Å². The predicted molar refractivity (Wildman–Crippen MR) is 69.6 cm³/mol. The Kier molecular flexibility index (Phi) is 5.61. The molecule has 1 aromatic carbocycles. The lowest BCUT2D eigenvalue weighted by atomic mass is 9.97. The zero-order chi connectivity index (χ0) is 12.6. The van der Waals surface area contributed by atoms with Crippen LogP contribution in [0.1, 0.15) is 17.2 Å². The molecule has 100 valence electrons. The van der Waals surface area contributed by atoms with E-state index in [0.29, 0.717) is 13.2 Å². The van der Waals surface area contributed by atoms with E-state index in [2.05, 4.69) is 29.6 Å². The van der Waals surface area contributed by atoms with E-state index >= 15 is 0 Å². The summed E-state index contributed by atoms with van der Waals surface area (Å²) in [6.07, 6.45) is 1.15. The summed E-state index contributed by atoms with van der Waals surface area (Å²) in [5.41, 5.74) is 2.69. The number of rotatable bonds is 7. The summed E-state index contributed by atoms with van der Waals surface area (Å²) in [6, 6.07) is 8.46. The molecule has 18 heavy (non-hydrogen) atoms. The second kappa shape index (κ2) is 7.48. The first-order valence-corrected chi connectivity index (χ1v) is 6.50. The first-order valence-electron chi connectivity index (χ1n) is 6.50. The lowest BCUT2D eigenvalue weighted by molar-refractivity contribution is 0.0396. The van der Waals surface area contributed by atoms with Gasteiger partial charge in [0.15, 0.2) is 0 Å². The van der Waals surface area contributed by atoms with Crippen molar-refractivity contribution in [1.29, 1.82) is 0 Å². The monoisotopic (exact) mass is 251 g/mol. The van der Waals surface area contributed by atoms with Crippen LogP contribution in [0.2, 0.25) is 0 Å². The standard InChI is InChI=1S/C14H21NO3/c16-7-10-17-9-6-15-11-14-13-4-2-1-3-12(13)5-8-18-14/h1-4,14-16H,5-11H2. The van der Waals surface area contributed by atoms with Crippen LogP contribution in [0.4, 0.5) is 0 Å². The Morgan fingerprint density at radius 2 is 2.22 bits per heavy atom. The summed E-state index contributed by atoms with van der Waals surface area (Å²) in [5.74, 6) is 0. The van der Waals surface area contributed by atoms with Crippen molar-refractivity contribution in [3.8, 4) is 0 Å². The normalized spacial score (nSPS) is 18.6. The number of ether oxygens (including phenoxy) is 2. The van der Waals surface area contributed by atoms with Crippen LogP contribution in [-0.4, -0.2) is 44.6 Å². The maximum absolute atomic E-state index is 8.57. The molecule has 1 atom stereocenters. The molecule has 1 aromatic rings. The average molecular weight is 251 g/mol. The predicted octanol–water partition coefficient (Wildman–Crippen LogP) is 0.899. The third-order valence-electron chi connectivity index (χ3n) is 3.08. The minimum atomic E-state index is 0.0825. The first-order chi connectivity index (χ1) is 8.92. The molecular weight excluding hydrogens is 230 g/mol. The van der Waals surface area contributed by atoms with E-state index in [1.807, 2.05) is 0 Å². The van der Waals surface area contributed by atoms with Gasteiger partial charge in [-0.15, -0.1) is 0 Å². The molecule has 2 N–H and O–H groups in total. The molecule has 0 saturated carbocycles. The zero-order valence-corrected chi connectivity index (χ0v) is 10.6. The third-order valence-corrected chi connectivity index (χ3v) is 3.08. The van der Waals surface area contributed by atoms with E-state index in [1.54, 1.807) is 0 Å². The fourth-order valence-electron chi connectivity index (χ4n) is 2.19. The molecule has 0 aliphatic carbocycles. The van der Waals surface area contributed by atoms with E-state index in [1.165, 1.54) is 11.1 Å². The second-order valence-corrected chi connectivity index (χ2v) is 4.35. The Morgan fingerprint density at radius 1 is 1.33 bits per heavy atom. The van der Waals surface area contributed by atoms with Gasteiger partial charge in [-0.2, -0.15) is 0 Å². The highest BCUT2D eigenvalue weighted by Gasteiger charge is 2.19. The maximum Gasteiger partial charge on any atom is 0.0952 e. The van der Waals surface area contributed by atoms with Crippen LogP contribution in [-0.2, 0) is 15.9 Å². The van der Waals surface area contributed by atoms with Gasteiger partial charge in [0.2, 0.25) is 0 Å². The average Bonchev–Trinajstić information content (AvgIpc) is 2.43. The maximum atomic E-state index is 8.57. The Morgan fingerprint density at radius 3 is 3.11 bits per heavy atom. The number of hydrogen-bond donors (Lipinski definition) is 2. The summed E-state index contributed by atoms with van der Waals surface area (Å²) >= 11 is 0. The number of benzene rings is 1. The number of nitrogens with one attached hydrogen (secondary N) is 1. The quantitative estimate of drug-likeness (QED) is 0.707. The summed E-state index contributed by atoms with van der Waals surface area (Å²) in [5, 5.41) is 11.9. The van der Waals surface area contributed by atoms with Crippen LogP contribution in [0.3, 0.4) is 0 Å². The minimum absolute atomic E-state index is 0.0825. The highest BCUT2D eigenvalue weighted by atomic mass is 16.5. The molecule has 0 amide bonds. The van der Waals surface area contributed by atoms with Gasteiger partial charge in [-0.3, -0.25) is 0 Å². The highest BCUT2D eigenvalue weighted by molar-refractivity contribution is 5.31. The van der Waals surface area contributed by atoms with Crippen LogP contribution in [0, 0.1) is 0 Å². The fraction of sp³-hybridized carbons (Fsp3) is 0.571. The van der Waals surface area contributed by atoms with Crippen LogP contribution in [0.25, 0.3) is 0 Å². The zero-order valence-electron chi connectivity index (χ0n) is 10.6. The summed E-state index contributed by atoms with van der Waals surface area (Å²) in [6.45, 7) is 3.49. The number of aliphatic hydroxyl groups excluding tert-OH is 1. The van der Waals surface area contributed by atoms with Crippen molar-refractivity contribution in [2.45, 2.75) is 12.5 Å². The van der Waals surface area contributed by atoms with Gasteiger partial charge in [0.05, 0.1) is 32.5 Å². The van der Waals surface area contributed by atoms with Gasteiger partial charge in [0.1, 0.15) is 0 Å². The topological polar surface area (TPSA) is 50.7 Å². The van der Waals surface area contributed by atoms with Crippen LogP contribution in [0.5, 0.6) is 0 Å². The number of aliphatic hydroxyl groups is 1. The molecule has 0 saturated heterocycles. The Labute approximate surface area is 108 Å². The van der Waals surface area contributed by atoms with Gasteiger partial charge >= 0.3 is 0 Å². The van der Waals surface area contributed by atoms with Crippen molar-refractivity contribution in [2.24, 2.45) is 0 Å². The molecule has 2 rings (SSSR count). The SMILES string of the molecule is OCCOCCNCC1OCCc2ccccc21. The summed E-state index contributed by atoms with van der Waals surface area (Å²) in [7, 11) is 0. The molecule has 0 bridgehead atoms. The van der Waals surface area contributed by atoms with Crippen molar-refractivity contribution >= 4 is 0 Å². The molecule has 0 radical (unpaired) electrons. The van der Waals surface area contributed by atoms with Gasteiger partial charge in [-0.05, 0) is 17.5 Å². The van der Waals surface area contributed by atoms with Gasteiger partial charge in [0, 0.05) is 13.1 Å². The molecule has 0 fully saturated rings. The van der Waals surface area contributed by atoms with Crippen molar-refractivity contribution in [3.05, 3.63) is 35.4 Å². The number of fused-ring (bicyclic) bond motifs is 1. The second-order valence-electron chi connectivity index (χ2n) is 4.35. The van der Waals surface area contributed by atoms with Crippen molar-refractivity contribution < 1.29 is 14.6 Å². The van der Waals surface area contributed by atoms with E-state index < -0.39 is 0 Å². The van der Waals surface area contributed by atoms with Crippen molar-refractivity contribution in [3.63, 3.8) is 0 Å². The lowest BCUT2D eigenvalue weighted by Gasteiger charge is -2.26. The van der Waals surface area contributed by atoms with Crippen molar-refractivity contribution in [1.82, 2.24) is 5.32 Å². The fourth-order valence-corrected chi connectivity index (χ4v) is 2.19. The van der Waals surface area contributed by atoms with E-state index in [-0.39, 0.29) is 12.7 Å². The van der Waals surface area contributed by atoms with E-state index in [0.717, 1.165) is 26.1 Å². The van der Waals surface area contributed by atoms with E-state index in [4.69, 9.17) is 14.6 Å². The molecule has 0 aromatic heterocycles. The van der Waals surface area contributed by atoms with Gasteiger partial charge < -0.3 is 19.9 Å². The summed E-state index contributed by atoms with van der Waals surface area (Å²) in [4.78, 5) is 0. The summed E-state index contributed by atoms with van der Waals surface area (Å²) < 4.78 is 11.0. The third kappa shape index (κ3) is 3.78. The van der Waals surface area contributed by atoms with Crippen LogP contribution >= 0.6 is 0 Å². The first kappa shape index (κ1) is 13.5. The molecule has 1 unspecified atom stereocenters. The molecule has 1 heterocycles. The minimum Gasteiger partial charge on any atom is -0.394 e. The highest BCUT2D eigenvalue weighted by Crippen LogP contribution is 2.25. The van der Waals surface area contributed by atoms with E-state index in [9.17, 15) is 0 Å². The molecule has 0 spiro atoms. The Bertz CT molecular complexity index is 357. The molecule has 4 nitrogen and oxygen atoms in total. The molecule has 4 heteroatoms. The van der Waals surface area contributed by atoms with Gasteiger partial charge in [0.25, 0.3) is 0 Å². The van der Waals surface area contributed by atoms with Crippen LogP contribution < -0.4 is 5.32 Å². The molecule has 1 aliphatic rings.